The van der Waals surface area contributed by atoms with Crippen molar-refractivity contribution in [1.29, 1.82) is 0 Å². The second-order valence-electron chi connectivity index (χ2n) is 7.23. The van der Waals surface area contributed by atoms with Crippen LogP contribution in [-0.2, 0) is 17.9 Å². The monoisotopic (exact) mass is 501 g/mol. The van der Waals surface area contributed by atoms with Crippen molar-refractivity contribution in [3.05, 3.63) is 56.8 Å². The van der Waals surface area contributed by atoms with Gasteiger partial charge in [0.2, 0.25) is 0 Å². The number of hydrogen-bond donors (Lipinski definition) is 2. The van der Waals surface area contributed by atoms with E-state index in [1.165, 1.54) is 12.1 Å². The fourth-order valence-corrected chi connectivity index (χ4v) is 3.75. The van der Waals surface area contributed by atoms with Crippen molar-refractivity contribution in [3.63, 3.8) is 0 Å². The van der Waals surface area contributed by atoms with Crippen LogP contribution in [0.15, 0.2) is 34.8 Å². The Kier molecular flexibility index (Phi) is 9.39. The number of benzene rings is 2. The van der Waals surface area contributed by atoms with Crippen molar-refractivity contribution in [2.75, 3.05) is 6.61 Å². The quantitative estimate of drug-likeness (QED) is 0.406. The molecule has 1 unspecified atom stereocenters. The molecule has 2 rings (SSSR count). The van der Waals surface area contributed by atoms with Crippen LogP contribution in [0.4, 0.5) is 4.39 Å². The van der Waals surface area contributed by atoms with Gasteiger partial charge < -0.3 is 19.9 Å². The van der Waals surface area contributed by atoms with Gasteiger partial charge in [0, 0.05) is 12.1 Å². The van der Waals surface area contributed by atoms with Crippen molar-refractivity contribution in [2.24, 2.45) is 5.92 Å². The SMILES string of the molecule is CCOc1cc(CNC(CC(C)C)C(=O)O)cc(Br)c1OCc1c(F)cccc1Cl. The van der Waals surface area contributed by atoms with E-state index < -0.39 is 17.8 Å². The van der Waals surface area contributed by atoms with Gasteiger partial charge >= 0.3 is 5.97 Å². The summed E-state index contributed by atoms with van der Waals surface area (Å²) in [5, 5.41) is 12.8. The molecule has 0 aliphatic carbocycles. The molecule has 0 aliphatic rings. The first-order valence-electron chi connectivity index (χ1n) is 9.70. The lowest BCUT2D eigenvalue weighted by atomic mass is 10.0. The highest BCUT2D eigenvalue weighted by Gasteiger charge is 2.19. The van der Waals surface area contributed by atoms with Gasteiger partial charge in [-0.3, -0.25) is 4.79 Å². The molecule has 30 heavy (non-hydrogen) atoms. The predicted octanol–water partition coefficient (Wildman–Crippen LogP) is 5.81. The molecule has 0 aromatic heterocycles. The molecule has 0 aliphatic heterocycles. The molecule has 164 valence electrons. The largest absolute Gasteiger partial charge is 0.490 e. The van der Waals surface area contributed by atoms with E-state index >= 15 is 0 Å². The third kappa shape index (κ3) is 6.86. The molecule has 0 heterocycles. The minimum atomic E-state index is -0.880. The zero-order valence-corrected chi connectivity index (χ0v) is 19.5. The highest BCUT2D eigenvalue weighted by molar-refractivity contribution is 9.10. The third-order valence-corrected chi connectivity index (χ3v) is 5.29. The van der Waals surface area contributed by atoms with Crippen molar-refractivity contribution in [2.45, 2.75) is 46.4 Å². The highest BCUT2D eigenvalue weighted by atomic mass is 79.9. The molecule has 2 N–H and O–H groups in total. The molecule has 2 aromatic carbocycles. The number of ether oxygens (including phenoxy) is 2. The molecule has 0 spiro atoms. The maximum absolute atomic E-state index is 14.0. The van der Waals surface area contributed by atoms with Gasteiger partial charge in [-0.2, -0.15) is 0 Å². The van der Waals surface area contributed by atoms with Crippen LogP contribution in [0.25, 0.3) is 0 Å². The molecule has 5 nitrogen and oxygen atoms in total. The summed E-state index contributed by atoms with van der Waals surface area (Å²) in [5.74, 6) is -0.161. The van der Waals surface area contributed by atoms with Gasteiger partial charge in [0.1, 0.15) is 18.5 Å². The molecule has 0 bridgehead atoms. The lowest BCUT2D eigenvalue weighted by Crippen LogP contribution is -2.37. The summed E-state index contributed by atoms with van der Waals surface area (Å²) in [6.07, 6.45) is 0.527. The number of halogens is 3. The van der Waals surface area contributed by atoms with E-state index in [0.29, 0.717) is 35.5 Å². The molecular formula is C22H26BrClFNO4. The summed E-state index contributed by atoms with van der Waals surface area (Å²) >= 11 is 9.55. The summed E-state index contributed by atoms with van der Waals surface area (Å²) in [6.45, 7) is 6.51. The number of carbonyl (C=O) groups is 1. The van der Waals surface area contributed by atoms with Gasteiger partial charge in [-0.1, -0.05) is 31.5 Å². The molecule has 0 saturated carbocycles. The van der Waals surface area contributed by atoms with E-state index in [9.17, 15) is 14.3 Å². The molecule has 2 aromatic rings. The van der Waals surface area contributed by atoms with Crippen LogP contribution in [0, 0.1) is 11.7 Å². The standard InChI is InChI=1S/C22H26BrClFNO4/c1-4-29-20-10-14(11-26-19(22(27)28)8-13(2)3)9-16(23)21(20)30-12-15-17(24)6-5-7-18(15)25/h5-7,9-10,13,19,26H,4,8,11-12H2,1-3H3,(H,27,28). The van der Waals surface area contributed by atoms with Gasteiger partial charge in [-0.25, -0.2) is 4.39 Å². The van der Waals surface area contributed by atoms with Crippen molar-refractivity contribution in [3.8, 4) is 11.5 Å². The fraction of sp³-hybridized carbons (Fsp3) is 0.409. The normalized spacial score (nSPS) is 12.1. The average molecular weight is 503 g/mol. The van der Waals surface area contributed by atoms with Gasteiger partial charge in [-0.05, 0) is 65.0 Å². The van der Waals surface area contributed by atoms with E-state index in [0.717, 1.165) is 5.56 Å². The smallest absolute Gasteiger partial charge is 0.320 e. The average Bonchev–Trinajstić information content (AvgIpc) is 2.66. The van der Waals surface area contributed by atoms with E-state index in [2.05, 4.69) is 21.2 Å². The van der Waals surface area contributed by atoms with Gasteiger partial charge in [0.05, 0.1) is 16.1 Å². The second-order valence-corrected chi connectivity index (χ2v) is 8.49. The number of carboxylic acids is 1. The van der Waals surface area contributed by atoms with E-state index in [4.69, 9.17) is 21.1 Å². The summed E-state index contributed by atoms with van der Waals surface area (Å²) in [4.78, 5) is 11.5. The Labute approximate surface area is 189 Å². The fourth-order valence-electron chi connectivity index (χ4n) is 2.92. The Bertz CT molecular complexity index is 858. The van der Waals surface area contributed by atoms with Crippen LogP contribution in [0.5, 0.6) is 11.5 Å². The zero-order chi connectivity index (χ0) is 22.3. The van der Waals surface area contributed by atoms with Gasteiger partial charge in [-0.15, -0.1) is 0 Å². The Balaban J connectivity index is 2.19. The first kappa shape index (κ1) is 24.4. The van der Waals surface area contributed by atoms with Crippen molar-refractivity contribution >= 4 is 33.5 Å². The molecule has 1 atom stereocenters. The predicted molar refractivity (Wildman–Crippen MR) is 119 cm³/mol. The van der Waals surface area contributed by atoms with Crippen molar-refractivity contribution < 1.29 is 23.8 Å². The Morgan fingerprint density at radius 3 is 2.63 bits per heavy atom. The summed E-state index contributed by atoms with van der Waals surface area (Å²) in [6, 6.07) is 7.43. The van der Waals surface area contributed by atoms with Crippen LogP contribution in [0.2, 0.25) is 5.02 Å². The first-order chi connectivity index (χ1) is 14.2. The van der Waals surface area contributed by atoms with Crippen molar-refractivity contribution in [1.82, 2.24) is 5.32 Å². The number of carboxylic acid groups (broad SMARTS) is 1. The Morgan fingerprint density at radius 2 is 2.03 bits per heavy atom. The number of hydrogen-bond acceptors (Lipinski definition) is 4. The molecular weight excluding hydrogens is 477 g/mol. The van der Waals surface area contributed by atoms with Gasteiger partial charge in [0.15, 0.2) is 11.5 Å². The second kappa shape index (κ2) is 11.5. The minimum Gasteiger partial charge on any atom is -0.490 e. The van der Waals surface area contributed by atoms with E-state index in [-0.39, 0.29) is 23.1 Å². The van der Waals surface area contributed by atoms with Crippen LogP contribution >= 0.6 is 27.5 Å². The third-order valence-electron chi connectivity index (χ3n) is 4.35. The molecule has 0 amide bonds. The molecule has 0 radical (unpaired) electrons. The van der Waals surface area contributed by atoms with Gasteiger partial charge in [0.25, 0.3) is 0 Å². The molecule has 8 heteroatoms. The lowest BCUT2D eigenvalue weighted by molar-refractivity contribution is -0.140. The summed E-state index contributed by atoms with van der Waals surface area (Å²) in [7, 11) is 0. The summed E-state index contributed by atoms with van der Waals surface area (Å²) in [5.41, 5.74) is 1.09. The number of aliphatic carboxylic acids is 1. The lowest BCUT2D eigenvalue weighted by Gasteiger charge is -2.19. The topological polar surface area (TPSA) is 67.8 Å². The maximum atomic E-state index is 14.0. The number of nitrogens with one attached hydrogen (secondary N) is 1. The Morgan fingerprint density at radius 1 is 1.30 bits per heavy atom. The van der Waals surface area contributed by atoms with E-state index in [1.54, 1.807) is 12.1 Å². The zero-order valence-electron chi connectivity index (χ0n) is 17.2. The minimum absolute atomic E-state index is 0.0583. The van der Waals surface area contributed by atoms with E-state index in [1.807, 2.05) is 26.8 Å². The number of rotatable bonds is 11. The van der Waals surface area contributed by atoms with Crippen LogP contribution in [-0.4, -0.2) is 23.7 Å². The van der Waals surface area contributed by atoms with Crippen LogP contribution in [0.1, 0.15) is 38.3 Å². The highest BCUT2D eigenvalue weighted by Crippen LogP contribution is 2.38. The first-order valence-corrected chi connectivity index (χ1v) is 10.9. The Hall–Kier alpha value is -1.83. The maximum Gasteiger partial charge on any atom is 0.320 e. The molecule has 0 fully saturated rings. The van der Waals surface area contributed by atoms with Crippen LogP contribution < -0.4 is 14.8 Å². The van der Waals surface area contributed by atoms with Crippen LogP contribution in [0.3, 0.4) is 0 Å². The molecule has 0 saturated heterocycles. The summed E-state index contributed by atoms with van der Waals surface area (Å²) < 4.78 is 26.2.